The lowest BCUT2D eigenvalue weighted by Crippen LogP contribution is -2.36. The fourth-order valence-electron chi connectivity index (χ4n) is 1.72. The lowest BCUT2D eigenvalue weighted by atomic mass is 10.2. The first kappa shape index (κ1) is 12.0. The average molecular weight is 237 g/mol. The maximum absolute atomic E-state index is 11.7. The number of alkyl carbamates (subject to hydrolysis) is 1. The summed E-state index contributed by atoms with van der Waals surface area (Å²) in [5, 5.41) is 2.88. The molecule has 0 bridgehead atoms. The van der Waals surface area contributed by atoms with Crippen molar-refractivity contribution in [3.63, 3.8) is 0 Å². The Bertz CT molecular complexity index is 377. The van der Waals surface area contributed by atoms with Crippen molar-refractivity contribution in [2.75, 3.05) is 0 Å². The lowest BCUT2D eigenvalue weighted by molar-refractivity contribution is 0.0494. The number of aromatic amines is 1. The fourth-order valence-corrected chi connectivity index (χ4v) is 1.72. The molecule has 1 aromatic rings. The van der Waals surface area contributed by atoms with Crippen molar-refractivity contribution in [2.24, 2.45) is 5.92 Å². The molecule has 2 N–H and O–H groups in total. The highest BCUT2D eigenvalue weighted by Crippen LogP contribution is 2.39. The molecule has 17 heavy (non-hydrogen) atoms. The minimum Gasteiger partial charge on any atom is -0.444 e. The van der Waals surface area contributed by atoms with Crippen LogP contribution in [0, 0.1) is 5.92 Å². The minimum absolute atomic E-state index is 0.0557. The molecule has 1 aliphatic carbocycles. The first-order valence-electron chi connectivity index (χ1n) is 5.94. The number of aromatic nitrogens is 2. The predicted molar refractivity (Wildman–Crippen MR) is 63.4 cm³/mol. The molecule has 2 rings (SSSR count). The molecule has 1 amide bonds. The zero-order valence-electron chi connectivity index (χ0n) is 10.5. The zero-order chi connectivity index (χ0) is 12.5. The highest BCUT2D eigenvalue weighted by Gasteiger charge is 2.35. The molecule has 0 aliphatic heterocycles. The molecule has 5 nitrogen and oxygen atoms in total. The molecule has 1 unspecified atom stereocenters. The van der Waals surface area contributed by atoms with Gasteiger partial charge in [0, 0.05) is 12.4 Å². The molecular weight excluding hydrogens is 218 g/mol. The van der Waals surface area contributed by atoms with Gasteiger partial charge in [0.2, 0.25) is 0 Å². The summed E-state index contributed by atoms with van der Waals surface area (Å²) in [5.41, 5.74) is -0.471. The molecule has 1 fully saturated rings. The van der Waals surface area contributed by atoms with Crippen molar-refractivity contribution in [3.05, 3.63) is 18.2 Å². The second-order valence-electron chi connectivity index (χ2n) is 5.44. The summed E-state index contributed by atoms with van der Waals surface area (Å²) in [5.74, 6) is 1.28. The number of ether oxygens (including phenoxy) is 1. The van der Waals surface area contributed by atoms with E-state index in [4.69, 9.17) is 4.74 Å². The molecule has 1 heterocycles. The topological polar surface area (TPSA) is 67.0 Å². The quantitative estimate of drug-likeness (QED) is 0.848. The van der Waals surface area contributed by atoms with Crippen molar-refractivity contribution in [2.45, 2.75) is 45.3 Å². The monoisotopic (exact) mass is 237 g/mol. The summed E-state index contributed by atoms with van der Waals surface area (Å²) in [6, 6.07) is -0.0557. The lowest BCUT2D eigenvalue weighted by Gasteiger charge is -2.22. The SMILES string of the molecule is CC(C)(C)OC(=O)NC(c1ncc[nH]1)C1CC1. The Morgan fingerprint density at radius 1 is 1.59 bits per heavy atom. The first-order chi connectivity index (χ1) is 7.96. The predicted octanol–water partition coefficient (Wildman–Crippen LogP) is 2.39. The van der Waals surface area contributed by atoms with E-state index in [0.29, 0.717) is 5.92 Å². The van der Waals surface area contributed by atoms with Crippen LogP contribution >= 0.6 is 0 Å². The third-order valence-corrected chi connectivity index (χ3v) is 2.58. The summed E-state index contributed by atoms with van der Waals surface area (Å²) >= 11 is 0. The molecule has 1 atom stereocenters. The van der Waals surface area contributed by atoms with E-state index in [-0.39, 0.29) is 12.1 Å². The largest absolute Gasteiger partial charge is 0.444 e. The van der Waals surface area contributed by atoms with Crippen LogP contribution in [0.4, 0.5) is 4.79 Å². The number of rotatable bonds is 3. The second-order valence-corrected chi connectivity index (χ2v) is 5.44. The van der Waals surface area contributed by atoms with Crippen LogP contribution in [0.5, 0.6) is 0 Å². The summed E-state index contributed by atoms with van der Waals surface area (Å²) in [6.45, 7) is 5.56. The van der Waals surface area contributed by atoms with Crippen LogP contribution in [0.1, 0.15) is 45.5 Å². The van der Waals surface area contributed by atoms with Crippen LogP contribution in [0.15, 0.2) is 12.4 Å². The summed E-state index contributed by atoms with van der Waals surface area (Å²) in [6.07, 6.45) is 5.33. The van der Waals surface area contributed by atoms with E-state index in [0.717, 1.165) is 18.7 Å². The van der Waals surface area contributed by atoms with Gasteiger partial charge in [0.25, 0.3) is 0 Å². The van der Waals surface area contributed by atoms with Crippen molar-refractivity contribution in [3.8, 4) is 0 Å². The summed E-state index contributed by atoms with van der Waals surface area (Å²) in [4.78, 5) is 19.0. The van der Waals surface area contributed by atoms with E-state index in [9.17, 15) is 4.79 Å². The molecule has 1 aliphatic rings. The van der Waals surface area contributed by atoms with Gasteiger partial charge >= 0.3 is 6.09 Å². The zero-order valence-corrected chi connectivity index (χ0v) is 10.5. The number of nitrogens with zero attached hydrogens (tertiary/aromatic N) is 1. The number of hydrogen-bond donors (Lipinski definition) is 2. The molecule has 1 saturated carbocycles. The van der Waals surface area contributed by atoms with Gasteiger partial charge in [0.1, 0.15) is 11.4 Å². The third-order valence-electron chi connectivity index (χ3n) is 2.58. The number of carbonyl (C=O) groups is 1. The second kappa shape index (κ2) is 4.39. The number of imidazole rings is 1. The van der Waals surface area contributed by atoms with Gasteiger partial charge in [-0.2, -0.15) is 0 Å². The van der Waals surface area contributed by atoms with Gasteiger partial charge in [-0.05, 0) is 39.5 Å². The van der Waals surface area contributed by atoms with Crippen molar-refractivity contribution in [1.29, 1.82) is 0 Å². The van der Waals surface area contributed by atoms with Gasteiger partial charge in [-0.25, -0.2) is 9.78 Å². The standard InChI is InChI=1S/C12H19N3O2/c1-12(2,3)17-11(16)15-9(8-4-5-8)10-13-6-7-14-10/h6-9H,4-5H2,1-3H3,(H,13,14)(H,15,16). The number of hydrogen-bond acceptors (Lipinski definition) is 3. The molecule has 94 valence electrons. The fraction of sp³-hybridized carbons (Fsp3) is 0.667. The molecule has 0 spiro atoms. The highest BCUT2D eigenvalue weighted by molar-refractivity contribution is 5.68. The highest BCUT2D eigenvalue weighted by atomic mass is 16.6. The van der Waals surface area contributed by atoms with Crippen LogP contribution in [-0.2, 0) is 4.74 Å². The minimum atomic E-state index is -0.471. The van der Waals surface area contributed by atoms with E-state index in [1.807, 2.05) is 20.8 Å². The van der Waals surface area contributed by atoms with E-state index in [1.165, 1.54) is 0 Å². The van der Waals surface area contributed by atoms with Gasteiger partial charge < -0.3 is 15.0 Å². The van der Waals surface area contributed by atoms with Crippen LogP contribution in [0.2, 0.25) is 0 Å². The number of carbonyl (C=O) groups excluding carboxylic acids is 1. The molecular formula is C12H19N3O2. The number of nitrogens with one attached hydrogen (secondary N) is 2. The number of H-pyrrole nitrogens is 1. The van der Waals surface area contributed by atoms with Crippen LogP contribution in [0.3, 0.4) is 0 Å². The Morgan fingerprint density at radius 3 is 2.76 bits per heavy atom. The molecule has 0 radical (unpaired) electrons. The Kier molecular flexibility index (Phi) is 3.09. The number of amides is 1. The van der Waals surface area contributed by atoms with Gasteiger partial charge in [0.05, 0.1) is 6.04 Å². The Labute approximate surface area is 101 Å². The maximum Gasteiger partial charge on any atom is 0.408 e. The Balaban J connectivity index is 1.97. The Hall–Kier alpha value is -1.52. The van der Waals surface area contributed by atoms with Crippen molar-refractivity contribution >= 4 is 6.09 Å². The van der Waals surface area contributed by atoms with Gasteiger partial charge in [-0.15, -0.1) is 0 Å². The smallest absolute Gasteiger partial charge is 0.408 e. The van der Waals surface area contributed by atoms with Gasteiger partial charge in [0.15, 0.2) is 0 Å². The Morgan fingerprint density at radius 2 is 2.29 bits per heavy atom. The molecule has 1 aromatic heterocycles. The van der Waals surface area contributed by atoms with Crippen LogP contribution < -0.4 is 5.32 Å². The third kappa shape index (κ3) is 3.47. The maximum atomic E-state index is 11.7. The molecule has 5 heteroatoms. The molecule has 0 aromatic carbocycles. The first-order valence-corrected chi connectivity index (χ1v) is 5.94. The summed E-state index contributed by atoms with van der Waals surface area (Å²) < 4.78 is 5.25. The average Bonchev–Trinajstić information content (AvgIpc) is 2.87. The van der Waals surface area contributed by atoms with Crippen molar-refractivity contribution in [1.82, 2.24) is 15.3 Å². The van der Waals surface area contributed by atoms with E-state index in [1.54, 1.807) is 12.4 Å². The summed E-state index contributed by atoms with van der Waals surface area (Å²) in [7, 11) is 0. The van der Waals surface area contributed by atoms with E-state index < -0.39 is 5.60 Å². The van der Waals surface area contributed by atoms with Gasteiger partial charge in [-0.3, -0.25) is 0 Å². The molecule has 0 saturated heterocycles. The van der Waals surface area contributed by atoms with E-state index >= 15 is 0 Å². The van der Waals surface area contributed by atoms with Crippen LogP contribution in [0.25, 0.3) is 0 Å². The van der Waals surface area contributed by atoms with Gasteiger partial charge in [-0.1, -0.05) is 0 Å². The van der Waals surface area contributed by atoms with Crippen molar-refractivity contribution < 1.29 is 9.53 Å². The van der Waals surface area contributed by atoms with Crippen LogP contribution in [-0.4, -0.2) is 21.7 Å². The normalized spacial score (nSPS) is 17.6. The van der Waals surface area contributed by atoms with E-state index in [2.05, 4.69) is 15.3 Å².